The summed E-state index contributed by atoms with van der Waals surface area (Å²) in [6.45, 7) is 2.34. The van der Waals surface area contributed by atoms with Gasteiger partial charge in [0.05, 0.1) is 17.8 Å². The number of hydrogen-bond acceptors (Lipinski definition) is 5. The highest BCUT2D eigenvalue weighted by Gasteiger charge is 2.20. The topological polar surface area (TPSA) is 83.8 Å². The van der Waals surface area contributed by atoms with E-state index in [4.69, 9.17) is 11.0 Å². The second kappa shape index (κ2) is 4.04. The maximum atomic E-state index is 8.97. The molecule has 0 spiro atoms. The van der Waals surface area contributed by atoms with E-state index in [-0.39, 0.29) is 0 Å². The highest BCUT2D eigenvalue weighted by molar-refractivity contribution is 5.70. The molecule has 0 unspecified atom stereocenters. The van der Waals surface area contributed by atoms with Crippen molar-refractivity contribution in [2.75, 3.05) is 17.2 Å². The van der Waals surface area contributed by atoms with E-state index in [9.17, 15) is 0 Å². The highest BCUT2D eigenvalue weighted by atomic mass is 15.3. The Morgan fingerprint density at radius 2 is 2.17 bits per heavy atom. The fourth-order valence-electron chi connectivity index (χ4n) is 2.17. The lowest BCUT2D eigenvalue weighted by atomic mass is 10.2. The summed E-state index contributed by atoms with van der Waals surface area (Å²) in [5.74, 6) is 1.66. The van der Waals surface area contributed by atoms with E-state index in [0.717, 1.165) is 18.9 Å². The third-order valence-electron chi connectivity index (χ3n) is 3.13. The van der Waals surface area contributed by atoms with E-state index in [1.165, 1.54) is 0 Å². The Hall–Kier alpha value is -2.55. The van der Waals surface area contributed by atoms with Crippen LogP contribution in [0.15, 0.2) is 24.7 Å². The van der Waals surface area contributed by atoms with Crippen LogP contribution in [0, 0.1) is 11.3 Å². The molecule has 6 heteroatoms. The second-order valence-corrected chi connectivity index (χ2v) is 4.17. The Bertz CT molecular complexity index is 624. The van der Waals surface area contributed by atoms with Gasteiger partial charge in [-0.1, -0.05) is 0 Å². The minimum atomic E-state index is 0.444. The summed E-state index contributed by atoms with van der Waals surface area (Å²) in [4.78, 5) is 10.6. The number of hydrogen-bond donors (Lipinski definition) is 1. The molecule has 2 aromatic rings. The largest absolute Gasteiger partial charge is 0.395 e. The number of anilines is 2. The zero-order valence-corrected chi connectivity index (χ0v) is 9.74. The lowest BCUT2D eigenvalue weighted by Crippen LogP contribution is -2.34. The van der Waals surface area contributed by atoms with E-state index in [2.05, 4.69) is 25.5 Å². The van der Waals surface area contributed by atoms with Gasteiger partial charge >= 0.3 is 0 Å². The summed E-state index contributed by atoms with van der Waals surface area (Å²) in [6.07, 6.45) is 5.38. The molecule has 0 aliphatic carbocycles. The number of nitrogens with two attached hydrogens (primary N) is 1. The monoisotopic (exact) mass is 240 g/mol. The van der Waals surface area contributed by atoms with Crippen LogP contribution in [0.1, 0.15) is 11.4 Å². The molecular formula is C12H12N6. The first-order chi connectivity index (χ1) is 8.79. The Morgan fingerprint density at radius 1 is 1.28 bits per heavy atom. The molecule has 0 radical (unpaired) electrons. The Balaban J connectivity index is 1.96. The van der Waals surface area contributed by atoms with Crippen molar-refractivity contribution in [3.05, 3.63) is 36.0 Å². The molecule has 0 atom stereocenters. The van der Waals surface area contributed by atoms with E-state index < -0.39 is 0 Å². The number of pyridine rings is 1. The summed E-state index contributed by atoms with van der Waals surface area (Å²) in [5.41, 5.74) is 6.88. The van der Waals surface area contributed by atoms with Gasteiger partial charge in [-0.05, 0) is 6.07 Å². The van der Waals surface area contributed by atoms with Gasteiger partial charge in [-0.3, -0.25) is 0 Å². The first-order valence-electron chi connectivity index (χ1n) is 5.69. The number of nitrogens with zero attached hydrogens (tertiary/aromatic N) is 5. The Kier molecular flexibility index (Phi) is 2.38. The van der Waals surface area contributed by atoms with Crippen LogP contribution in [0.5, 0.6) is 0 Å². The molecule has 0 bridgehead atoms. The van der Waals surface area contributed by atoms with E-state index in [1.54, 1.807) is 18.5 Å². The van der Waals surface area contributed by atoms with E-state index in [1.807, 2.05) is 6.20 Å². The average molecular weight is 240 g/mol. The number of aromatic nitrogens is 3. The fraction of sp³-hybridized carbons (Fsp3) is 0.250. The van der Waals surface area contributed by atoms with Crippen LogP contribution in [-0.2, 0) is 13.1 Å². The minimum absolute atomic E-state index is 0.444. The molecular weight excluding hydrogens is 228 g/mol. The summed E-state index contributed by atoms with van der Waals surface area (Å²) >= 11 is 0. The first-order valence-corrected chi connectivity index (χ1v) is 5.69. The summed E-state index contributed by atoms with van der Waals surface area (Å²) in [5, 5.41) is 8.97. The van der Waals surface area contributed by atoms with Crippen LogP contribution >= 0.6 is 0 Å². The van der Waals surface area contributed by atoms with Gasteiger partial charge in [0.25, 0.3) is 0 Å². The molecule has 2 N–H and O–H groups in total. The number of nitriles is 1. The van der Waals surface area contributed by atoms with E-state index in [0.29, 0.717) is 23.6 Å². The lowest BCUT2D eigenvalue weighted by molar-refractivity contribution is 0.556. The summed E-state index contributed by atoms with van der Waals surface area (Å²) in [6, 6.07) is 3.71. The third-order valence-corrected chi connectivity index (χ3v) is 3.13. The van der Waals surface area contributed by atoms with Crippen LogP contribution in [0.2, 0.25) is 0 Å². The predicted molar refractivity (Wildman–Crippen MR) is 66.6 cm³/mol. The number of rotatable bonds is 1. The molecule has 0 aromatic carbocycles. The Labute approximate surface area is 104 Å². The predicted octanol–water partition coefficient (Wildman–Crippen LogP) is 0.752. The number of nitrogen functional groups attached to an aromatic ring is 1. The van der Waals surface area contributed by atoms with Crippen LogP contribution in [-0.4, -0.2) is 21.1 Å². The Morgan fingerprint density at radius 3 is 3.00 bits per heavy atom. The van der Waals surface area contributed by atoms with Crippen molar-refractivity contribution in [3.63, 3.8) is 0 Å². The molecule has 90 valence electrons. The van der Waals surface area contributed by atoms with Gasteiger partial charge in [0.15, 0.2) is 5.82 Å². The van der Waals surface area contributed by atoms with Gasteiger partial charge in [0.1, 0.15) is 11.9 Å². The van der Waals surface area contributed by atoms with Crippen molar-refractivity contribution in [1.82, 2.24) is 14.5 Å². The molecule has 3 rings (SSSR count). The number of fused-ring (bicyclic) bond motifs is 1. The van der Waals surface area contributed by atoms with Crippen molar-refractivity contribution < 1.29 is 0 Å². The smallest absolute Gasteiger partial charge is 0.153 e. The standard InChI is InChI=1S/C12H12N6/c13-7-9-1-2-16-12(11(9)14)18-6-5-17-4-3-15-10(17)8-18/h1-4H,5-6,8,14H2. The molecule has 6 nitrogen and oxygen atoms in total. The SMILES string of the molecule is N#Cc1ccnc(N2CCn3ccnc3C2)c1N. The molecule has 1 aliphatic rings. The zero-order chi connectivity index (χ0) is 12.5. The van der Waals surface area contributed by atoms with Crippen molar-refractivity contribution in [2.45, 2.75) is 13.1 Å². The third kappa shape index (κ3) is 1.57. The van der Waals surface area contributed by atoms with Crippen molar-refractivity contribution in [1.29, 1.82) is 5.26 Å². The van der Waals surface area contributed by atoms with Crippen LogP contribution in [0.4, 0.5) is 11.5 Å². The van der Waals surface area contributed by atoms with Crippen LogP contribution in [0.3, 0.4) is 0 Å². The fourth-order valence-corrected chi connectivity index (χ4v) is 2.17. The minimum Gasteiger partial charge on any atom is -0.395 e. The molecule has 2 aromatic heterocycles. The quantitative estimate of drug-likeness (QED) is 0.795. The van der Waals surface area contributed by atoms with Crippen molar-refractivity contribution >= 4 is 11.5 Å². The van der Waals surface area contributed by atoms with Gasteiger partial charge < -0.3 is 15.2 Å². The molecule has 0 amide bonds. The van der Waals surface area contributed by atoms with Crippen molar-refractivity contribution in [2.24, 2.45) is 0 Å². The van der Waals surface area contributed by atoms with Crippen molar-refractivity contribution in [3.8, 4) is 6.07 Å². The van der Waals surface area contributed by atoms with Crippen LogP contribution < -0.4 is 10.6 Å². The maximum absolute atomic E-state index is 8.97. The number of imidazole rings is 1. The van der Waals surface area contributed by atoms with Crippen LogP contribution in [0.25, 0.3) is 0 Å². The average Bonchev–Trinajstić information content (AvgIpc) is 2.86. The second-order valence-electron chi connectivity index (χ2n) is 4.17. The zero-order valence-electron chi connectivity index (χ0n) is 9.74. The van der Waals surface area contributed by atoms with Gasteiger partial charge in [-0.2, -0.15) is 5.26 Å². The molecule has 3 heterocycles. The molecule has 0 fully saturated rings. The molecule has 0 saturated heterocycles. The normalized spacial score (nSPS) is 14.1. The van der Waals surface area contributed by atoms with Gasteiger partial charge in [0.2, 0.25) is 0 Å². The maximum Gasteiger partial charge on any atom is 0.153 e. The summed E-state index contributed by atoms with van der Waals surface area (Å²) < 4.78 is 2.11. The van der Waals surface area contributed by atoms with Gasteiger partial charge in [-0.25, -0.2) is 9.97 Å². The molecule has 18 heavy (non-hydrogen) atoms. The van der Waals surface area contributed by atoms with Gasteiger partial charge in [0, 0.05) is 31.7 Å². The summed E-state index contributed by atoms with van der Waals surface area (Å²) in [7, 11) is 0. The highest BCUT2D eigenvalue weighted by Crippen LogP contribution is 2.26. The van der Waals surface area contributed by atoms with Gasteiger partial charge in [-0.15, -0.1) is 0 Å². The molecule has 1 aliphatic heterocycles. The first kappa shape index (κ1) is 10.6. The molecule has 0 saturated carbocycles. The lowest BCUT2D eigenvalue weighted by Gasteiger charge is -2.29. The van der Waals surface area contributed by atoms with E-state index >= 15 is 0 Å².